The highest BCUT2D eigenvalue weighted by Crippen LogP contribution is 2.41. The number of hydrogen-bond donors (Lipinski definition) is 2. The van der Waals surface area contributed by atoms with Crippen LogP contribution in [0, 0.1) is 0 Å². The molecule has 1 aliphatic heterocycles. The molecule has 0 aromatic rings. The van der Waals surface area contributed by atoms with Gasteiger partial charge in [-0.25, -0.2) is 0 Å². The molecule has 2 unspecified atom stereocenters. The van der Waals surface area contributed by atoms with Gasteiger partial charge < -0.3 is 15.2 Å². The predicted molar refractivity (Wildman–Crippen MR) is 69.1 cm³/mol. The van der Waals surface area contributed by atoms with Crippen molar-refractivity contribution in [3.8, 4) is 0 Å². The highest BCUT2D eigenvalue weighted by Gasteiger charge is 2.40. The fourth-order valence-electron chi connectivity index (χ4n) is 3.23. The molecule has 1 saturated heterocycles. The second-order valence-corrected chi connectivity index (χ2v) is 5.84. The van der Waals surface area contributed by atoms with Crippen molar-refractivity contribution in [1.82, 2.24) is 5.32 Å². The molecule has 2 fully saturated rings. The molecule has 100 valence electrons. The zero-order valence-corrected chi connectivity index (χ0v) is 11.1. The van der Waals surface area contributed by atoms with Crippen LogP contribution in [0.3, 0.4) is 0 Å². The largest absolute Gasteiger partial charge is 0.396 e. The third-order valence-electron chi connectivity index (χ3n) is 4.36. The van der Waals surface area contributed by atoms with E-state index in [2.05, 4.69) is 12.2 Å². The first-order chi connectivity index (χ1) is 8.24. The summed E-state index contributed by atoms with van der Waals surface area (Å²) >= 11 is 0. The first-order valence-electron chi connectivity index (χ1n) is 7.26. The minimum Gasteiger partial charge on any atom is -0.396 e. The molecule has 0 amide bonds. The van der Waals surface area contributed by atoms with Crippen LogP contribution < -0.4 is 5.32 Å². The quantitative estimate of drug-likeness (QED) is 0.775. The predicted octanol–water partition coefficient (Wildman–Crippen LogP) is 2.23. The molecule has 0 aromatic carbocycles. The van der Waals surface area contributed by atoms with Crippen molar-refractivity contribution in [2.45, 2.75) is 76.0 Å². The van der Waals surface area contributed by atoms with Crippen LogP contribution in [0.25, 0.3) is 0 Å². The van der Waals surface area contributed by atoms with E-state index in [4.69, 9.17) is 9.84 Å². The molecule has 3 heteroatoms. The van der Waals surface area contributed by atoms with Crippen LogP contribution in [0.1, 0.15) is 58.3 Å². The maximum Gasteiger partial charge on any atom is 0.0708 e. The molecule has 1 spiro atoms. The molecule has 2 aliphatic rings. The van der Waals surface area contributed by atoms with E-state index >= 15 is 0 Å². The minimum absolute atomic E-state index is 0.241. The van der Waals surface area contributed by atoms with Gasteiger partial charge in [0, 0.05) is 19.2 Å². The van der Waals surface area contributed by atoms with E-state index in [1.807, 2.05) is 0 Å². The average Bonchev–Trinajstić information content (AvgIpc) is 2.71. The van der Waals surface area contributed by atoms with Gasteiger partial charge in [-0.2, -0.15) is 0 Å². The monoisotopic (exact) mass is 241 g/mol. The van der Waals surface area contributed by atoms with E-state index in [0.717, 1.165) is 13.0 Å². The lowest BCUT2D eigenvalue weighted by molar-refractivity contribution is -0.0629. The second kappa shape index (κ2) is 6.17. The number of nitrogens with one attached hydrogen (secondary N) is 1. The van der Waals surface area contributed by atoms with Crippen molar-refractivity contribution in [2.24, 2.45) is 0 Å². The van der Waals surface area contributed by atoms with Crippen LogP contribution in [0.4, 0.5) is 0 Å². The molecular formula is C14H27NO2. The number of aliphatic hydroxyl groups is 1. The Kier molecular flexibility index (Phi) is 4.83. The first kappa shape index (κ1) is 13.3. The SMILES string of the molecule is CC(CCO)NCC1CCC2(CCCCC2)O1. The van der Waals surface area contributed by atoms with E-state index in [9.17, 15) is 0 Å². The molecular weight excluding hydrogens is 214 g/mol. The molecule has 0 radical (unpaired) electrons. The van der Waals surface area contributed by atoms with Gasteiger partial charge in [-0.3, -0.25) is 0 Å². The van der Waals surface area contributed by atoms with Crippen molar-refractivity contribution >= 4 is 0 Å². The van der Waals surface area contributed by atoms with Gasteiger partial charge in [0.15, 0.2) is 0 Å². The van der Waals surface area contributed by atoms with Gasteiger partial charge in [-0.15, -0.1) is 0 Å². The third-order valence-corrected chi connectivity index (χ3v) is 4.36. The molecule has 17 heavy (non-hydrogen) atoms. The highest BCUT2D eigenvalue weighted by atomic mass is 16.5. The normalized spacial score (nSPS) is 29.6. The van der Waals surface area contributed by atoms with E-state index in [1.54, 1.807) is 0 Å². The van der Waals surface area contributed by atoms with Crippen LogP contribution in [-0.2, 0) is 4.74 Å². The Labute approximate surface area is 105 Å². The van der Waals surface area contributed by atoms with Crippen LogP contribution >= 0.6 is 0 Å². The summed E-state index contributed by atoms with van der Waals surface area (Å²) in [6.45, 7) is 3.34. The molecule has 2 atom stereocenters. The Balaban J connectivity index is 1.70. The topological polar surface area (TPSA) is 41.5 Å². The van der Waals surface area contributed by atoms with Crippen molar-refractivity contribution in [3.05, 3.63) is 0 Å². The van der Waals surface area contributed by atoms with Crippen LogP contribution in [0.15, 0.2) is 0 Å². The van der Waals surface area contributed by atoms with Crippen LogP contribution in [0.2, 0.25) is 0 Å². The Hall–Kier alpha value is -0.120. The lowest BCUT2D eigenvalue weighted by Crippen LogP contribution is -2.37. The van der Waals surface area contributed by atoms with E-state index in [0.29, 0.717) is 12.1 Å². The van der Waals surface area contributed by atoms with Gasteiger partial charge in [0.2, 0.25) is 0 Å². The summed E-state index contributed by atoms with van der Waals surface area (Å²) in [5.74, 6) is 0. The van der Waals surface area contributed by atoms with Crippen molar-refractivity contribution in [2.75, 3.05) is 13.2 Å². The van der Waals surface area contributed by atoms with Gasteiger partial charge in [0.1, 0.15) is 0 Å². The number of aliphatic hydroxyl groups excluding tert-OH is 1. The van der Waals surface area contributed by atoms with E-state index in [-0.39, 0.29) is 12.2 Å². The van der Waals surface area contributed by atoms with Gasteiger partial charge in [0.05, 0.1) is 11.7 Å². The first-order valence-corrected chi connectivity index (χ1v) is 7.26. The lowest BCUT2D eigenvalue weighted by atomic mass is 9.83. The molecule has 3 nitrogen and oxygen atoms in total. The number of ether oxygens (including phenoxy) is 1. The summed E-state index contributed by atoms with van der Waals surface area (Å²) in [5, 5.41) is 12.3. The maximum atomic E-state index is 8.86. The smallest absolute Gasteiger partial charge is 0.0708 e. The molecule has 0 aromatic heterocycles. The fourth-order valence-corrected chi connectivity index (χ4v) is 3.23. The van der Waals surface area contributed by atoms with Crippen molar-refractivity contribution < 1.29 is 9.84 Å². The fraction of sp³-hybridized carbons (Fsp3) is 1.00. The summed E-state index contributed by atoms with van der Waals surface area (Å²) in [6, 6.07) is 0.395. The molecule has 1 heterocycles. The summed E-state index contributed by atoms with van der Waals surface area (Å²) in [4.78, 5) is 0. The Morgan fingerprint density at radius 2 is 2.06 bits per heavy atom. The molecule has 2 N–H and O–H groups in total. The van der Waals surface area contributed by atoms with Gasteiger partial charge in [-0.1, -0.05) is 19.3 Å². The maximum absolute atomic E-state index is 8.86. The van der Waals surface area contributed by atoms with E-state index < -0.39 is 0 Å². The van der Waals surface area contributed by atoms with Gasteiger partial charge >= 0.3 is 0 Å². The third kappa shape index (κ3) is 3.67. The number of rotatable bonds is 5. The highest BCUT2D eigenvalue weighted by molar-refractivity contribution is 4.91. The second-order valence-electron chi connectivity index (χ2n) is 5.84. The number of hydrogen-bond acceptors (Lipinski definition) is 3. The average molecular weight is 241 g/mol. The zero-order chi connectivity index (χ0) is 12.1. The van der Waals surface area contributed by atoms with Gasteiger partial charge in [0.25, 0.3) is 0 Å². The van der Waals surface area contributed by atoms with Crippen LogP contribution in [0.5, 0.6) is 0 Å². The Morgan fingerprint density at radius 3 is 2.76 bits per heavy atom. The Bertz CT molecular complexity index is 226. The molecule has 1 aliphatic carbocycles. The zero-order valence-electron chi connectivity index (χ0n) is 11.1. The van der Waals surface area contributed by atoms with Crippen molar-refractivity contribution in [3.63, 3.8) is 0 Å². The molecule has 0 bridgehead atoms. The Morgan fingerprint density at radius 1 is 1.29 bits per heavy atom. The summed E-state index contributed by atoms with van der Waals surface area (Å²) in [5.41, 5.74) is 0.241. The summed E-state index contributed by atoms with van der Waals surface area (Å²) < 4.78 is 6.29. The molecule has 2 rings (SSSR count). The van der Waals surface area contributed by atoms with Crippen molar-refractivity contribution in [1.29, 1.82) is 0 Å². The molecule has 1 saturated carbocycles. The lowest BCUT2D eigenvalue weighted by Gasteiger charge is -2.33. The summed E-state index contributed by atoms with van der Waals surface area (Å²) in [6.07, 6.45) is 10.3. The van der Waals surface area contributed by atoms with Crippen LogP contribution in [-0.4, -0.2) is 36.0 Å². The minimum atomic E-state index is 0.241. The standard InChI is InChI=1S/C14H27NO2/c1-12(6-10-16)15-11-13-5-9-14(17-13)7-3-2-4-8-14/h12-13,15-16H,2-11H2,1H3. The van der Waals surface area contributed by atoms with Gasteiger partial charge in [-0.05, 0) is 39.0 Å². The summed E-state index contributed by atoms with van der Waals surface area (Å²) in [7, 11) is 0. The van der Waals surface area contributed by atoms with E-state index in [1.165, 1.54) is 44.9 Å².